The van der Waals surface area contributed by atoms with E-state index in [1.54, 1.807) is 18.7 Å². The zero-order chi connectivity index (χ0) is 21.5. The van der Waals surface area contributed by atoms with Crippen molar-refractivity contribution < 1.29 is 14.6 Å². The molecule has 0 spiro atoms. The summed E-state index contributed by atoms with van der Waals surface area (Å²) in [5.74, 6) is 0. The Morgan fingerprint density at radius 3 is 2.57 bits per heavy atom. The molecule has 0 saturated carbocycles. The van der Waals surface area contributed by atoms with E-state index in [1.165, 1.54) is 0 Å². The second-order valence-corrected chi connectivity index (χ2v) is 8.86. The lowest BCUT2D eigenvalue weighted by molar-refractivity contribution is -0.0309. The zero-order valence-electron chi connectivity index (χ0n) is 18.0. The van der Waals surface area contributed by atoms with Gasteiger partial charge in [-0.25, -0.2) is 9.78 Å². The summed E-state index contributed by atoms with van der Waals surface area (Å²) >= 11 is 0. The molecule has 2 heterocycles. The Kier molecular flexibility index (Phi) is 5.28. The summed E-state index contributed by atoms with van der Waals surface area (Å²) in [4.78, 5) is 18.7. The van der Waals surface area contributed by atoms with Gasteiger partial charge in [-0.15, -0.1) is 0 Å². The van der Waals surface area contributed by atoms with Crippen LogP contribution in [0, 0.1) is 0 Å². The minimum Gasteiger partial charge on any atom is -0.446 e. The summed E-state index contributed by atoms with van der Waals surface area (Å²) < 4.78 is 7.58. The lowest BCUT2D eigenvalue weighted by Gasteiger charge is -2.37. The second kappa shape index (κ2) is 7.76. The number of benzene rings is 2. The average molecular weight is 408 g/mol. The van der Waals surface area contributed by atoms with Crippen molar-refractivity contribution in [3.8, 4) is 11.1 Å². The van der Waals surface area contributed by atoms with Crippen LogP contribution in [0.1, 0.15) is 45.2 Å². The maximum absolute atomic E-state index is 12.5. The Hall–Kier alpha value is -2.86. The van der Waals surface area contributed by atoms with Gasteiger partial charge in [-0.2, -0.15) is 0 Å². The number of cyclic esters (lactones) is 1. The van der Waals surface area contributed by atoms with Gasteiger partial charge in [0.1, 0.15) is 6.10 Å². The Morgan fingerprint density at radius 2 is 1.90 bits per heavy atom. The number of carbonyl (C=O) groups is 1. The Labute approximate surface area is 177 Å². The highest BCUT2D eigenvalue weighted by atomic mass is 16.6. The number of carbonyl (C=O) groups excluding carboxylic acids is 1. The van der Waals surface area contributed by atoms with Crippen molar-refractivity contribution in [2.45, 2.75) is 51.4 Å². The molecule has 158 valence electrons. The van der Waals surface area contributed by atoms with Crippen LogP contribution in [-0.4, -0.2) is 43.9 Å². The van der Waals surface area contributed by atoms with Gasteiger partial charge >= 0.3 is 6.09 Å². The van der Waals surface area contributed by atoms with Crippen LogP contribution in [0.5, 0.6) is 0 Å². The van der Waals surface area contributed by atoms with Crippen LogP contribution in [0.4, 0.5) is 4.79 Å². The first kappa shape index (κ1) is 20.4. The molecule has 2 atom stereocenters. The minimum absolute atomic E-state index is 0.0760. The summed E-state index contributed by atoms with van der Waals surface area (Å²) in [7, 11) is 1.99. The molecule has 6 nitrogen and oxygen atoms in total. The van der Waals surface area contributed by atoms with Crippen LogP contribution in [0.15, 0.2) is 48.8 Å². The predicted molar refractivity (Wildman–Crippen MR) is 117 cm³/mol. The van der Waals surface area contributed by atoms with Gasteiger partial charge in [0, 0.05) is 26.4 Å². The van der Waals surface area contributed by atoms with E-state index in [0.29, 0.717) is 13.0 Å². The largest absolute Gasteiger partial charge is 0.446 e. The molecule has 6 heteroatoms. The number of amides is 1. The summed E-state index contributed by atoms with van der Waals surface area (Å²) in [6, 6.07) is 14.5. The van der Waals surface area contributed by atoms with Gasteiger partial charge < -0.3 is 19.3 Å². The highest BCUT2D eigenvalue weighted by Crippen LogP contribution is 2.30. The molecule has 0 radical (unpaired) electrons. The molecule has 1 fully saturated rings. The molecule has 0 aliphatic carbocycles. The number of aryl methyl sites for hydroxylation is 1. The number of rotatable bonds is 5. The Morgan fingerprint density at radius 1 is 1.20 bits per heavy atom. The van der Waals surface area contributed by atoms with Crippen LogP contribution in [-0.2, 0) is 11.8 Å². The Balaban J connectivity index is 1.46. The second-order valence-electron chi connectivity index (χ2n) is 8.86. The number of aromatic nitrogens is 2. The molecule has 1 amide bonds. The molecule has 30 heavy (non-hydrogen) atoms. The van der Waals surface area contributed by atoms with Crippen LogP contribution < -0.4 is 0 Å². The third-order valence-electron chi connectivity index (χ3n) is 5.84. The molecule has 2 unspecified atom stereocenters. The van der Waals surface area contributed by atoms with Crippen LogP contribution in [0.3, 0.4) is 0 Å². The van der Waals surface area contributed by atoms with Gasteiger partial charge in [-0.05, 0) is 49.6 Å². The van der Waals surface area contributed by atoms with Crippen molar-refractivity contribution in [2.24, 2.45) is 7.05 Å². The van der Waals surface area contributed by atoms with Crippen molar-refractivity contribution in [3.05, 3.63) is 54.4 Å². The first-order valence-electron chi connectivity index (χ1n) is 10.4. The van der Waals surface area contributed by atoms with Gasteiger partial charge in [0.25, 0.3) is 0 Å². The lowest BCUT2D eigenvalue weighted by Crippen LogP contribution is -2.45. The zero-order valence-corrected chi connectivity index (χ0v) is 18.0. The number of aliphatic hydroxyl groups is 1. The number of ether oxygens (including phenoxy) is 1. The van der Waals surface area contributed by atoms with Gasteiger partial charge in [0.15, 0.2) is 0 Å². The molecule has 3 aromatic rings. The van der Waals surface area contributed by atoms with Crippen molar-refractivity contribution >= 4 is 17.1 Å². The van der Waals surface area contributed by atoms with E-state index in [4.69, 9.17) is 4.74 Å². The molecule has 4 rings (SSSR count). The first-order chi connectivity index (χ1) is 14.2. The molecule has 1 N–H and O–H groups in total. The minimum atomic E-state index is -0.840. The smallest absolute Gasteiger partial charge is 0.410 e. The van der Waals surface area contributed by atoms with Crippen LogP contribution in [0.25, 0.3) is 22.2 Å². The first-order valence-corrected chi connectivity index (χ1v) is 10.4. The summed E-state index contributed by atoms with van der Waals surface area (Å²) in [5, 5.41) is 9.98. The molecule has 1 saturated heterocycles. The highest BCUT2D eigenvalue weighted by molar-refractivity contribution is 5.82. The molecule has 1 aliphatic rings. The average Bonchev–Trinajstić information content (AvgIpc) is 3.07. The van der Waals surface area contributed by atoms with E-state index >= 15 is 0 Å². The van der Waals surface area contributed by atoms with Crippen LogP contribution >= 0.6 is 0 Å². The van der Waals surface area contributed by atoms with Gasteiger partial charge in [-0.3, -0.25) is 0 Å². The van der Waals surface area contributed by atoms with E-state index in [0.717, 1.165) is 34.1 Å². The van der Waals surface area contributed by atoms with Gasteiger partial charge in [0.2, 0.25) is 0 Å². The van der Waals surface area contributed by atoms with Gasteiger partial charge in [-0.1, -0.05) is 30.3 Å². The summed E-state index contributed by atoms with van der Waals surface area (Å²) in [6.07, 6.45) is 2.46. The van der Waals surface area contributed by atoms with E-state index in [1.807, 2.05) is 24.9 Å². The van der Waals surface area contributed by atoms with E-state index in [9.17, 15) is 9.90 Å². The number of hydrogen-bond donors (Lipinski definition) is 1. The van der Waals surface area contributed by atoms with Crippen LogP contribution in [0.2, 0.25) is 0 Å². The normalized spacial score (nSPS) is 18.5. The lowest BCUT2D eigenvalue weighted by atomic mass is 9.97. The molecule has 0 bridgehead atoms. The molecular formula is C24H29N3O3. The fraction of sp³-hybridized carbons (Fsp3) is 0.417. The molecular weight excluding hydrogens is 378 g/mol. The number of nitrogens with zero attached hydrogens (tertiary/aromatic N) is 3. The van der Waals surface area contributed by atoms with Gasteiger partial charge in [0.05, 0.1) is 29.0 Å². The van der Waals surface area contributed by atoms with E-state index in [-0.39, 0.29) is 18.2 Å². The van der Waals surface area contributed by atoms with E-state index < -0.39 is 5.60 Å². The highest BCUT2D eigenvalue weighted by Gasteiger charge is 2.33. The third-order valence-corrected chi connectivity index (χ3v) is 5.84. The van der Waals surface area contributed by atoms with Crippen molar-refractivity contribution in [1.29, 1.82) is 0 Å². The summed E-state index contributed by atoms with van der Waals surface area (Å²) in [5.41, 5.74) is 4.54. The standard InChI is InChI=1S/C24H29N3O3/c1-16(27-12-11-20(30-23(27)28)14-24(2,3)29)17-5-7-18(8-6-17)19-9-10-22-21(13-19)25-15-26(22)4/h5-10,13,15-16,20,29H,11-12,14H2,1-4H3. The fourth-order valence-corrected chi connectivity index (χ4v) is 4.15. The predicted octanol–water partition coefficient (Wildman–Crippen LogP) is 4.67. The summed E-state index contributed by atoms with van der Waals surface area (Å²) in [6.45, 7) is 6.12. The fourth-order valence-electron chi connectivity index (χ4n) is 4.15. The maximum Gasteiger partial charge on any atom is 0.410 e. The number of imidazole rings is 1. The number of hydrogen-bond acceptors (Lipinski definition) is 4. The van der Waals surface area contributed by atoms with Crippen molar-refractivity contribution in [3.63, 3.8) is 0 Å². The van der Waals surface area contributed by atoms with Crippen molar-refractivity contribution in [1.82, 2.24) is 14.5 Å². The maximum atomic E-state index is 12.5. The van der Waals surface area contributed by atoms with E-state index in [2.05, 4.69) is 47.4 Å². The molecule has 1 aromatic heterocycles. The topological polar surface area (TPSA) is 67.6 Å². The number of fused-ring (bicyclic) bond motifs is 1. The Bertz CT molecular complexity index is 1050. The third kappa shape index (κ3) is 4.19. The van der Waals surface area contributed by atoms with Crippen molar-refractivity contribution in [2.75, 3.05) is 6.54 Å². The molecule has 2 aromatic carbocycles. The monoisotopic (exact) mass is 407 g/mol. The quantitative estimate of drug-likeness (QED) is 0.667. The SMILES string of the molecule is CC(c1ccc(-c2ccc3c(c2)ncn3C)cc1)N1CCC(CC(C)(C)O)OC1=O. The molecule has 1 aliphatic heterocycles.